The number of nitrogens with one attached hydrogen (secondary N) is 1. The minimum Gasteiger partial charge on any atom is -0.348 e. The van der Waals surface area contributed by atoms with E-state index in [1.54, 1.807) is 53.3 Å². The van der Waals surface area contributed by atoms with Crippen molar-refractivity contribution in [1.82, 2.24) is 19.4 Å². The maximum absolute atomic E-state index is 12.9. The average molecular weight is 461 g/mol. The van der Waals surface area contributed by atoms with Gasteiger partial charge in [0.1, 0.15) is 0 Å². The van der Waals surface area contributed by atoms with Crippen LogP contribution >= 0.6 is 0 Å². The number of rotatable bonds is 7. The summed E-state index contributed by atoms with van der Waals surface area (Å²) in [7, 11) is -0.654. The molecule has 168 valence electrons. The standard InChI is InChI=1S/C25H24N4O3S/c1-28(2)33(31,32)24-14-7-6-11-21(24)18-26-25(30)20-12-8-13-22(17-20)29-23(15-16-27-29)19-9-4-3-5-10-19/h3-17H,18H2,1-2H3,(H,26,30). The highest BCUT2D eigenvalue weighted by Crippen LogP contribution is 2.23. The molecule has 0 bridgehead atoms. The monoisotopic (exact) mass is 460 g/mol. The van der Waals surface area contributed by atoms with Crippen LogP contribution in [0.5, 0.6) is 0 Å². The maximum atomic E-state index is 12.9. The van der Waals surface area contributed by atoms with Crippen LogP contribution in [0.15, 0.2) is 96.0 Å². The third-order valence-electron chi connectivity index (χ3n) is 5.24. The summed E-state index contributed by atoms with van der Waals surface area (Å²) >= 11 is 0. The van der Waals surface area contributed by atoms with E-state index in [0.29, 0.717) is 11.1 Å². The highest BCUT2D eigenvalue weighted by Gasteiger charge is 2.21. The Morgan fingerprint density at radius 3 is 2.42 bits per heavy atom. The summed E-state index contributed by atoms with van der Waals surface area (Å²) in [6, 6.07) is 25.6. The average Bonchev–Trinajstić information content (AvgIpc) is 3.33. The molecule has 0 fully saturated rings. The molecule has 0 spiro atoms. The molecule has 0 aliphatic carbocycles. The number of carbonyl (C=O) groups is 1. The van der Waals surface area contributed by atoms with Crippen LogP contribution in [0.3, 0.4) is 0 Å². The Bertz CT molecular complexity index is 1380. The Kier molecular flexibility index (Phi) is 6.39. The van der Waals surface area contributed by atoms with E-state index in [-0.39, 0.29) is 17.3 Å². The number of hydrogen-bond donors (Lipinski definition) is 1. The first-order valence-corrected chi connectivity index (χ1v) is 11.8. The van der Waals surface area contributed by atoms with Gasteiger partial charge in [0.25, 0.3) is 5.91 Å². The molecule has 8 heteroatoms. The number of benzene rings is 3. The molecule has 0 saturated heterocycles. The second-order valence-electron chi connectivity index (χ2n) is 7.62. The molecule has 0 atom stereocenters. The lowest BCUT2D eigenvalue weighted by molar-refractivity contribution is 0.0950. The van der Waals surface area contributed by atoms with E-state index in [1.807, 2.05) is 42.5 Å². The number of nitrogens with zero attached hydrogens (tertiary/aromatic N) is 3. The summed E-state index contributed by atoms with van der Waals surface area (Å²) in [4.78, 5) is 13.1. The molecule has 0 saturated carbocycles. The number of sulfonamides is 1. The molecule has 1 aromatic heterocycles. The van der Waals surface area contributed by atoms with Gasteiger partial charge in [0.15, 0.2) is 0 Å². The second-order valence-corrected chi connectivity index (χ2v) is 9.74. The SMILES string of the molecule is CN(C)S(=O)(=O)c1ccccc1CNC(=O)c1cccc(-n2nccc2-c2ccccc2)c1. The van der Waals surface area contributed by atoms with E-state index in [4.69, 9.17) is 0 Å². The number of amides is 1. The minimum absolute atomic E-state index is 0.0866. The molecule has 4 rings (SSSR count). The molecule has 1 amide bonds. The van der Waals surface area contributed by atoms with Crippen LogP contribution < -0.4 is 5.32 Å². The van der Waals surface area contributed by atoms with Gasteiger partial charge in [-0.1, -0.05) is 54.6 Å². The summed E-state index contributed by atoms with van der Waals surface area (Å²) < 4.78 is 28.1. The molecule has 0 aliphatic heterocycles. The van der Waals surface area contributed by atoms with Crippen molar-refractivity contribution >= 4 is 15.9 Å². The largest absolute Gasteiger partial charge is 0.348 e. The van der Waals surface area contributed by atoms with Gasteiger partial charge in [0.05, 0.1) is 22.5 Å². The molecule has 0 aliphatic rings. The van der Waals surface area contributed by atoms with Crippen LogP contribution in [0.4, 0.5) is 0 Å². The first-order chi connectivity index (χ1) is 15.9. The van der Waals surface area contributed by atoms with E-state index < -0.39 is 10.0 Å². The zero-order valence-electron chi connectivity index (χ0n) is 18.3. The first kappa shape index (κ1) is 22.4. The fourth-order valence-corrected chi connectivity index (χ4v) is 4.61. The van der Waals surface area contributed by atoms with Gasteiger partial charge < -0.3 is 5.32 Å². The Morgan fingerprint density at radius 2 is 1.67 bits per heavy atom. The van der Waals surface area contributed by atoms with Crippen molar-refractivity contribution in [3.63, 3.8) is 0 Å². The predicted octanol–water partition coefficient (Wildman–Crippen LogP) is 3.72. The van der Waals surface area contributed by atoms with Gasteiger partial charge in [-0.15, -0.1) is 0 Å². The molecular formula is C25H24N4O3S. The quantitative estimate of drug-likeness (QED) is 0.456. The van der Waals surface area contributed by atoms with Gasteiger partial charge in [-0.3, -0.25) is 4.79 Å². The van der Waals surface area contributed by atoms with Crippen molar-refractivity contribution in [2.24, 2.45) is 0 Å². The van der Waals surface area contributed by atoms with E-state index in [9.17, 15) is 13.2 Å². The molecule has 0 unspecified atom stereocenters. The smallest absolute Gasteiger partial charge is 0.251 e. The van der Waals surface area contributed by atoms with Gasteiger partial charge in [0.2, 0.25) is 10.0 Å². The second kappa shape index (κ2) is 9.40. The lowest BCUT2D eigenvalue weighted by atomic mass is 10.1. The lowest BCUT2D eigenvalue weighted by Crippen LogP contribution is -2.27. The van der Waals surface area contributed by atoms with Crippen molar-refractivity contribution < 1.29 is 13.2 Å². The third kappa shape index (κ3) is 4.72. The van der Waals surface area contributed by atoms with Crippen molar-refractivity contribution in [1.29, 1.82) is 0 Å². The Hall–Kier alpha value is -3.75. The highest BCUT2D eigenvalue weighted by molar-refractivity contribution is 7.89. The van der Waals surface area contributed by atoms with Crippen molar-refractivity contribution in [3.05, 3.63) is 102 Å². The maximum Gasteiger partial charge on any atom is 0.251 e. The van der Waals surface area contributed by atoms with Gasteiger partial charge in [-0.2, -0.15) is 5.10 Å². The number of aromatic nitrogens is 2. The molecule has 0 radical (unpaired) electrons. The van der Waals surface area contributed by atoms with E-state index in [2.05, 4.69) is 10.4 Å². The predicted molar refractivity (Wildman–Crippen MR) is 127 cm³/mol. The first-order valence-electron chi connectivity index (χ1n) is 10.4. The van der Waals surface area contributed by atoms with E-state index in [1.165, 1.54) is 14.1 Å². The topological polar surface area (TPSA) is 84.3 Å². The molecule has 33 heavy (non-hydrogen) atoms. The van der Waals surface area contributed by atoms with Gasteiger partial charge in [-0.05, 0) is 35.9 Å². The van der Waals surface area contributed by atoms with Crippen LogP contribution in [0, 0.1) is 0 Å². The Morgan fingerprint density at radius 1 is 0.939 bits per heavy atom. The van der Waals surface area contributed by atoms with Crippen LogP contribution in [-0.4, -0.2) is 42.5 Å². The summed E-state index contributed by atoms with van der Waals surface area (Å²) in [5.74, 6) is -0.303. The minimum atomic E-state index is -3.62. The van der Waals surface area contributed by atoms with E-state index in [0.717, 1.165) is 21.2 Å². The van der Waals surface area contributed by atoms with Gasteiger partial charge in [0, 0.05) is 31.8 Å². The van der Waals surface area contributed by atoms with Gasteiger partial charge in [-0.25, -0.2) is 17.4 Å². The third-order valence-corrected chi connectivity index (χ3v) is 7.15. The molecule has 1 N–H and O–H groups in total. The normalized spacial score (nSPS) is 11.5. The van der Waals surface area contributed by atoms with Crippen LogP contribution in [0.1, 0.15) is 15.9 Å². The van der Waals surface area contributed by atoms with Crippen LogP contribution in [0.25, 0.3) is 16.9 Å². The summed E-state index contributed by atoms with van der Waals surface area (Å²) in [6.45, 7) is 0.0866. The van der Waals surface area contributed by atoms with Crippen molar-refractivity contribution in [2.75, 3.05) is 14.1 Å². The molecule has 3 aromatic carbocycles. The molecule has 7 nitrogen and oxygen atoms in total. The zero-order chi connectivity index (χ0) is 23.4. The zero-order valence-corrected chi connectivity index (χ0v) is 19.2. The van der Waals surface area contributed by atoms with Crippen molar-refractivity contribution in [2.45, 2.75) is 11.4 Å². The molecular weight excluding hydrogens is 436 g/mol. The fourth-order valence-electron chi connectivity index (χ4n) is 3.49. The van der Waals surface area contributed by atoms with E-state index >= 15 is 0 Å². The Labute approximate surface area is 193 Å². The van der Waals surface area contributed by atoms with Crippen LogP contribution in [0.2, 0.25) is 0 Å². The lowest BCUT2D eigenvalue weighted by Gasteiger charge is -2.15. The fraction of sp³-hybridized carbons (Fsp3) is 0.120. The number of carbonyl (C=O) groups excluding carboxylic acids is 1. The van der Waals surface area contributed by atoms with Gasteiger partial charge >= 0.3 is 0 Å². The Balaban J connectivity index is 1.56. The summed E-state index contributed by atoms with van der Waals surface area (Å²) in [6.07, 6.45) is 1.72. The van der Waals surface area contributed by atoms with Crippen molar-refractivity contribution in [3.8, 4) is 16.9 Å². The molecule has 4 aromatic rings. The number of hydrogen-bond acceptors (Lipinski definition) is 4. The molecule has 1 heterocycles. The van der Waals surface area contributed by atoms with Crippen LogP contribution in [-0.2, 0) is 16.6 Å². The highest BCUT2D eigenvalue weighted by atomic mass is 32.2. The summed E-state index contributed by atoms with van der Waals surface area (Å²) in [5.41, 5.74) is 3.66. The summed E-state index contributed by atoms with van der Waals surface area (Å²) in [5, 5.41) is 7.26.